The average Bonchev–Trinajstić information content (AvgIpc) is 3.31. The van der Waals surface area contributed by atoms with Crippen LogP contribution in [-0.2, 0) is 20.9 Å². The van der Waals surface area contributed by atoms with Gasteiger partial charge < -0.3 is 14.5 Å². The van der Waals surface area contributed by atoms with Gasteiger partial charge in [0.1, 0.15) is 12.3 Å². The molecule has 0 aliphatic heterocycles. The lowest BCUT2D eigenvalue weighted by Gasteiger charge is -2.20. The Morgan fingerprint density at radius 2 is 1.82 bits per heavy atom. The van der Waals surface area contributed by atoms with E-state index in [2.05, 4.69) is 9.97 Å². The van der Waals surface area contributed by atoms with Crippen LogP contribution in [-0.4, -0.2) is 33.9 Å². The Kier molecular flexibility index (Phi) is 7.56. The standard InChI is InChI=1S/C25H29N3O5S/c1-13(2)33-23(30)21-16(5)22(26-17(21)6)24(31)32-11-19-12-34-25(27-19)28(18(7)29)20-9-8-14(3)10-15(20)4/h8-10,12-13,26H,11H2,1-7H3. The fourth-order valence-electron chi connectivity index (χ4n) is 3.67. The number of thiazole rings is 1. The Labute approximate surface area is 202 Å². The molecule has 1 amide bonds. The first-order chi connectivity index (χ1) is 16.0. The number of rotatable bonds is 7. The Hall–Kier alpha value is -3.46. The van der Waals surface area contributed by atoms with Gasteiger partial charge in [-0.15, -0.1) is 11.3 Å². The highest BCUT2D eigenvalue weighted by Gasteiger charge is 2.25. The molecule has 0 aliphatic rings. The summed E-state index contributed by atoms with van der Waals surface area (Å²) in [5, 5.41) is 2.25. The molecule has 0 spiro atoms. The Morgan fingerprint density at radius 1 is 1.12 bits per heavy atom. The summed E-state index contributed by atoms with van der Waals surface area (Å²) in [5.41, 5.74) is 4.89. The molecule has 0 atom stereocenters. The summed E-state index contributed by atoms with van der Waals surface area (Å²) in [7, 11) is 0. The van der Waals surface area contributed by atoms with Gasteiger partial charge in [0.15, 0.2) is 5.13 Å². The number of nitrogens with one attached hydrogen (secondary N) is 1. The number of aromatic amines is 1. The van der Waals surface area contributed by atoms with Crippen molar-refractivity contribution in [3.8, 4) is 0 Å². The Morgan fingerprint density at radius 3 is 2.44 bits per heavy atom. The van der Waals surface area contributed by atoms with E-state index in [1.807, 2.05) is 32.0 Å². The summed E-state index contributed by atoms with van der Waals surface area (Å²) in [5.74, 6) is -1.25. The van der Waals surface area contributed by atoms with Crippen molar-refractivity contribution in [1.29, 1.82) is 0 Å². The zero-order valence-electron chi connectivity index (χ0n) is 20.4. The average molecular weight is 484 g/mol. The third kappa shape index (κ3) is 5.36. The van der Waals surface area contributed by atoms with E-state index in [4.69, 9.17) is 9.47 Å². The molecule has 2 heterocycles. The molecule has 1 aromatic carbocycles. The maximum atomic E-state index is 12.7. The number of hydrogen-bond donors (Lipinski definition) is 1. The summed E-state index contributed by atoms with van der Waals surface area (Å²) >= 11 is 1.29. The molecule has 2 aromatic heterocycles. The maximum Gasteiger partial charge on any atom is 0.355 e. The van der Waals surface area contributed by atoms with Crippen molar-refractivity contribution in [3.63, 3.8) is 0 Å². The molecule has 34 heavy (non-hydrogen) atoms. The number of amides is 1. The van der Waals surface area contributed by atoms with E-state index < -0.39 is 11.9 Å². The molecule has 0 unspecified atom stereocenters. The summed E-state index contributed by atoms with van der Waals surface area (Å²) in [4.78, 5) is 46.4. The van der Waals surface area contributed by atoms with Crippen molar-refractivity contribution in [3.05, 3.63) is 62.9 Å². The normalized spacial score (nSPS) is 10.9. The van der Waals surface area contributed by atoms with Crippen LogP contribution in [0.25, 0.3) is 0 Å². The van der Waals surface area contributed by atoms with Crippen LogP contribution in [0.15, 0.2) is 23.6 Å². The first-order valence-electron chi connectivity index (χ1n) is 10.9. The molecular weight excluding hydrogens is 454 g/mol. The number of benzene rings is 1. The Bertz CT molecular complexity index is 1240. The molecule has 0 aliphatic carbocycles. The predicted octanol–water partition coefficient (Wildman–Crippen LogP) is 5.31. The fourth-order valence-corrected chi connectivity index (χ4v) is 4.54. The predicted molar refractivity (Wildman–Crippen MR) is 131 cm³/mol. The van der Waals surface area contributed by atoms with Crippen molar-refractivity contribution in [2.75, 3.05) is 4.90 Å². The molecule has 0 saturated heterocycles. The summed E-state index contributed by atoms with van der Waals surface area (Å²) in [6, 6.07) is 5.85. The highest BCUT2D eigenvalue weighted by atomic mass is 32.1. The van der Waals surface area contributed by atoms with E-state index in [0.717, 1.165) is 16.8 Å². The molecule has 9 heteroatoms. The highest BCUT2D eigenvalue weighted by Crippen LogP contribution is 2.32. The second-order valence-corrected chi connectivity index (χ2v) is 9.26. The second kappa shape index (κ2) is 10.2. The number of carbonyl (C=O) groups is 3. The topological polar surface area (TPSA) is 102 Å². The first kappa shape index (κ1) is 25.2. The highest BCUT2D eigenvalue weighted by molar-refractivity contribution is 7.14. The van der Waals surface area contributed by atoms with Gasteiger partial charge in [-0.25, -0.2) is 14.6 Å². The van der Waals surface area contributed by atoms with Crippen LogP contribution in [0, 0.1) is 27.7 Å². The molecule has 180 valence electrons. The van der Waals surface area contributed by atoms with E-state index >= 15 is 0 Å². The van der Waals surface area contributed by atoms with E-state index in [9.17, 15) is 14.4 Å². The molecule has 0 fully saturated rings. The molecule has 3 rings (SSSR count). The van der Waals surface area contributed by atoms with Crippen LogP contribution in [0.1, 0.15) is 69.7 Å². The van der Waals surface area contributed by atoms with Gasteiger partial charge in [0.2, 0.25) is 5.91 Å². The third-order valence-corrected chi connectivity index (χ3v) is 6.05. The van der Waals surface area contributed by atoms with Crippen molar-refractivity contribution in [1.82, 2.24) is 9.97 Å². The quantitative estimate of drug-likeness (QED) is 0.457. The number of anilines is 2. The van der Waals surface area contributed by atoms with Crippen molar-refractivity contribution in [2.24, 2.45) is 0 Å². The van der Waals surface area contributed by atoms with Gasteiger partial charge in [-0.1, -0.05) is 17.7 Å². The van der Waals surface area contributed by atoms with Gasteiger partial charge in [0.25, 0.3) is 0 Å². The molecule has 3 aromatic rings. The van der Waals surface area contributed by atoms with Crippen LogP contribution in [0.3, 0.4) is 0 Å². The number of nitrogens with zero attached hydrogens (tertiary/aromatic N) is 2. The second-order valence-electron chi connectivity index (χ2n) is 8.42. The number of ether oxygens (including phenoxy) is 2. The zero-order valence-corrected chi connectivity index (χ0v) is 21.3. The molecule has 0 bridgehead atoms. The lowest BCUT2D eigenvalue weighted by molar-refractivity contribution is -0.115. The monoisotopic (exact) mass is 483 g/mol. The molecule has 8 nitrogen and oxygen atoms in total. The minimum Gasteiger partial charge on any atom is -0.459 e. The van der Waals surface area contributed by atoms with Crippen LogP contribution < -0.4 is 4.90 Å². The summed E-state index contributed by atoms with van der Waals surface area (Å²) < 4.78 is 10.7. The van der Waals surface area contributed by atoms with Gasteiger partial charge >= 0.3 is 11.9 Å². The number of hydrogen-bond acceptors (Lipinski definition) is 7. The molecular formula is C25H29N3O5S. The van der Waals surface area contributed by atoms with Crippen LogP contribution >= 0.6 is 11.3 Å². The molecule has 0 radical (unpaired) electrons. The van der Waals surface area contributed by atoms with Crippen LogP contribution in [0.5, 0.6) is 0 Å². The van der Waals surface area contributed by atoms with Crippen LogP contribution in [0.4, 0.5) is 10.8 Å². The minimum absolute atomic E-state index is 0.0722. The van der Waals surface area contributed by atoms with E-state index in [0.29, 0.717) is 27.6 Å². The van der Waals surface area contributed by atoms with Gasteiger partial charge in [0.05, 0.1) is 23.0 Å². The minimum atomic E-state index is -0.600. The lowest BCUT2D eigenvalue weighted by atomic mass is 10.1. The van der Waals surface area contributed by atoms with E-state index in [1.165, 1.54) is 18.3 Å². The fraction of sp³-hybridized carbons (Fsp3) is 0.360. The van der Waals surface area contributed by atoms with Gasteiger partial charge in [0, 0.05) is 18.0 Å². The Balaban J connectivity index is 1.75. The maximum absolute atomic E-state index is 12.7. The largest absolute Gasteiger partial charge is 0.459 e. The molecule has 1 N–H and O–H groups in total. The number of esters is 2. The van der Waals surface area contributed by atoms with Gasteiger partial charge in [-0.05, 0) is 58.7 Å². The lowest BCUT2D eigenvalue weighted by Crippen LogP contribution is -2.23. The number of H-pyrrole nitrogens is 1. The first-order valence-corrected chi connectivity index (χ1v) is 11.8. The van der Waals surface area contributed by atoms with E-state index in [1.54, 1.807) is 38.0 Å². The van der Waals surface area contributed by atoms with Crippen LogP contribution in [0.2, 0.25) is 0 Å². The van der Waals surface area contributed by atoms with Crippen molar-refractivity contribution >= 4 is 40.0 Å². The smallest absolute Gasteiger partial charge is 0.355 e. The van der Waals surface area contributed by atoms with Crippen molar-refractivity contribution < 1.29 is 23.9 Å². The summed E-state index contributed by atoms with van der Waals surface area (Å²) in [6.07, 6.45) is -0.270. The number of aromatic nitrogens is 2. The third-order valence-electron chi connectivity index (χ3n) is 5.18. The van der Waals surface area contributed by atoms with Crippen molar-refractivity contribution in [2.45, 2.75) is 61.2 Å². The number of carbonyl (C=O) groups excluding carboxylic acids is 3. The SMILES string of the molecule is CC(=O)N(c1nc(COC(=O)c2[nH]c(C)c(C(=O)OC(C)C)c2C)cs1)c1ccc(C)cc1C. The number of aryl methyl sites for hydroxylation is 3. The molecule has 0 saturated carbocycles. The summed E-state index contributed by atoms with van der Waals surface area (Å²) in [6.45, 7) is 12.3. The van der Waals surface area contributed by atoms with E-state index in [-0.39, 0.29) is 24.3 Å². The van der Waals surface area contributed by atoms with Gasteiger partial charge in [-0.3, -0.25) is 9.69 Å². The van der Waals surface area contributed by atoms with Gasteiger partial charge in [-0.2, -0.15) is 0 Å². The zero-order chi connectivity index (χ0) is 25.2.